The number of aryl methyl sites for hydroxylation is 1. The Labute approximate surface area is 113 Å². The lowest BCUT2D eigenvalue weighted by molar-refractivity contribution is 0.0556. The molecule has 0 fully saturated rings. The Morgan fingerprint density at radius 2 is 1.74 bits per heavy atom. The van der Waals surface area contributed by atoms with Crippen LogP contribution in [0.5, 0.6) is 0 Å². The maximum Gasteiger partial charge on any atom is 0.339 e. The number of carbonyl (C=O) groups excluding carboxylic acids is 1. The van der Waals surface area contributed by atoms with Crippen molar-refractivity contribution in [3.63, 3.8) is 0 Å². The zero-order chi connectivity index (χ0) is 13.5. The Morgan fingerprint density at radius 3 is 2.42 bits per heavy atom. The van der Waals surface area contributed by atoms with Crippen molar-refractivity contribution in [3.8, 4) is 11.8 Å². The third-order valence-corrected chi connectivity index (χ3v) is 2.57. The second-order valence-corrected chi connectivity index (χ2v) is 4.11. The summed E-state index contributed by atoms with van der Waals surface area (Å²) in [5, 5.41) is 0. The summed E-state index contributed by atoms with van der Waals surface area (Å²) < 4.78 is 5.08. The van der Waals surface area contributed by atoms with Gasteiger partial charge in [0.05, 0.1) is 5.56 Å². The van der Waals surface area contributed by atoms with Gasteiger partial charge in [-0.2, -0.15) is 0 Å². The topological polar surface area (TPSA) is 26.3 Å². The van der Waals surface area contributed by atoms with Crippen molar-refractivity contribution in [1.82, 2.24) is 0 Å². The fourth-order valence-electron chi connectivity index (χ4n) is 1.53. The molecule has 2 rings (SSSR count). The third-order valence-electron chi connectivity index (χ3n) is 2.57. The van der Waals surface area contributed by atoms with Gasteiger partial charge in [-0.15, -0.1) is 0 Å². The highest BCUT2D eigenvalue weighted by Crippen LogP contribution is 2.04. The quantitative estimate of drug-likeness (QED) is 0.604. The minimum absolute atomic E-state index is 0.0988. The molecular weight excluding hydrogens is 236 g/mol. The lowest BCUT2D eigenvalue weighted by Gasteiger charge is -2.00. The minimum atomic E-state index is -0.345. The number of carbonyl (C=O) groups is 1. The van der Waals surface area contributed by atoms with E-state index >= 15 is 0 Å². The Balaban J connectivity index is 1.88. The monoisotopic (exact) mass is 250 g/mol. The summed E-state index contributed by atoms with van der Waals surface area (Å²) >= 11 is 0. The Kier molecular flexibility index (Phi) is 4.36. The maximum atomic E-state index is 11.7. The smallest absolute Gasteiger partial charge is 0.339 e. The van der Waals surface area contributed by atoms with E-state index in [1.165, 1.54) is 0 Å². The molecule has 0 aliphatic carbocycles. The molecule has 0 atom stereocenters. The maximum absolute atomic E-state index is 11.7. The van der Waals surface area contributed by atoms with E-state index < -0.39 is 0 Å². The number of hydrogen-bond acceptors (Lipinski definition) is 2. The standard InChI is InChI=1S/C17H14O2/c1-14-9-11-16(12-10-14)17(18)19-13-5-8-15-6-3-2-4-7-15/h2-4,6-7,9-12H,13H2,1H3. The zero-order valence-corrected chi connectivity index (χ0v) is 10.7. The highest BCUT2D eigenvalue weighted by molar-refractivity contribution is 5.89. The van der Waals surface area contributed by atoms with E-state index in [0.717, 1.165) is 11.1 Å². The molecule has 0 N–H and O–H groups in total. The molecule has 0 spiro atoms. The molecule has 0 aliphatic heterocycles. The van der Waals surface area contributed by atoms with Gasteiger partial charge in [0.15, 0.2) is 6.61 Å². The molecule has 2 aromatic carbocycles. The van der Waals surface area contributed by atoms with E-state index in [2.05, 4.69) is 11.8 Å². The molecule has 2 aromatic rings. The molecule has 0 heterocycles. The lowest BCUT2D eigenvalue weighted by Crippen LogP contribution is -2.05. The number of ether oxygens (including phenoxy) is 1. The van der Waals surface area contributed by atoms with Crippen LogP contribution in [-0.2, 0) is 4.74 Å². The minimum Gasteiger partial charge on any atom is -0.449 e. The van der Waals surface area contributed by atoms with Crippen LogP contribution >= 0.6 is 0 Å². The SMILES string of the molecule is Cc1ccc(C(=O)OCC#Cc2ccccc2)cc1. The third kappa shape index (κ3) is 4.01. The Morgan fingerprint density at radius 1 is 1.05 bits per heavy atom. The largest absolute Gasteiger partial charge is 0.449 e. The molecule has 19 heavy (non-hydrogen) atoms. The molecule has 2 heteroatoms. The van der Waals surface area contributed by atoms with E-state index in [1.54, 1.807) is 12.1 Å². The summed E-state index contributed by atoms with van der Waals surface area (Å²) in [5.41, 5.74) is 2.57. The molecular formula is C17H14O2. The van der Waals surface area contributed by atoms with Crippen LogP contribution in [0.2, 0.25) is 0 Å². The molecule has 0 unspecified atom stereocenters. The van der Waals surface area contributed by atoms with Crippen LogP contribution in [0.3, 0.4) is 0 Å². The lowest BCUT2D eigenvalue weighted by atomic mass is 10.1. The van der Waals surface area contributed by atoms with Gasteiger partial charge in [0.2, 0.25) is 0 Å². The van der Waals surface area contributed by atoms with Crippen molar-refractivity contribution in [2.24, 2.45) is 0 Å². The van der Waals surface area contributed by atoms with Crippen molar-refractivity contribution in [3.05, 3.63) is 71.3 Å². The van der Waals surface area contributed by atoms with E-state index in [0.29, 0.717) is 5.56 Å². The fraction of sp³-hybridized carbons (Fsp3) is 0.118. The van der Waals surface area contributed by atoms with E-state index in [9.17, 15) is 4.79 Å². The summed E-state index contributed by atoms with van der Waals surface area (Å²) in [7, 11) is 0. The predicted octanol–water partition coefficient (Wildman–Crippen LogP) is 3.20. The summed E-state index contributed by atoms with van der Waals surface area (Å²) in [6.07, 6.45) is 0. The van der Waals surface area contributed by atoms with Crippen LogP contribution < -0.4 is 0 Å². The molecule has 94 valence electrons. The van der Waals surface area contributed by atoms with Crippen LogP contribution in [-0.4, -0.2) is 12.6 Å². The molecule has 0 aromatic heterocycles. The first-order valence-corrected chi connectivity index (χ1v) is 6.03. The first-order valence-electron chi connectivity index (χ1n) is 6.03. The van der Waals surface area contributed by atoms with Crippen molar-refractivity contribution >= 4 is 5.97 Å². The van der Waals surface area contributed by atoms with Crippen LogP contribution in [0.15, 0.2) is 54.6 Å². The van der Waals surface area contributed by atoms with Gasteiger partial charge in [0.25, 0.3) is 0 Å². The first kappa shape index (κ1) is 12.9. The summed E-state index contributed by atoms with van der Waals surface area (Å²) in [6.45, 7) is 2.07. The fourth-order valence-corrected chi connectivity index (χ4v) is 1.53. The van der Waals surface area contributed by atoms with Gasteiger partial charge in [0.1, 0.15) is 0 Å². The summed E-state index contributed by atoms with van der Waals surface area (Å²) in [4.78, 5) is 11.7. The number of rotatable bonds is 2. The van der Waals surface area contributed by atoms with Gasteiger partial charge in [-0.25, -0.2) is 4.79 Å². The van der Waals surface area contributed by atoms with Crippen molar-refractivity contribution < 1.29 is 9.53 Å². The van der Waals surface area contributed by atoms with Gasteiger partial charge in [-0.05, 0) is 31.2 Å². The summed E-state index contributed by atoms with van der Waals surface area (Å²) in [6, 6.07) is 16.9. The Hall–Kier alpha value is -2.53. The van der Waals surface area contributed by atoms with Gasteiger partial charge in [-0.1, -0.05) is 47.7 Å². The van der Waals surface area contributed by atoms with Crippen LogP contribution in [0.4, 0.5) is 0 Å². The van der Waals surface area contributed by atoms with Crippen molar-refractivity contribution in [1.29, 1.82) is 0 Å². The van der Waals surface area contributed by atoms with Crippen molar-refractivity contribution in [2.45, 2.75) is 6.92 Å². The molecule has 0 saturated carbocycles. The highest BCUT2D eigenvalue weighted by Gasteiger charge is 2.04. The van der Waals surface area contributed by atoms with Gasteiger partial charge in [0, 0.05) is 5.56 Å². The molecule has 2 nitrogen and oxygen atoms in total. The van der Waals surface area contributed by atoms with Crippen LogP contribution in [0, 0.1) is 18.8 Å². The average Bonchev–Trinajstić information content (AvgIpc) is 2.45. The van der Waals surface area contributed by atoms with Gasteiger partial charge in [-0.3, -0.25) is 0 Å². The number of hydrogen-bond donors (Lipinski definition) is 0. The predicted molar refractivity (Wildman–Crippen MR) is 74.8 cm³/mol. The van der Waals surface area contributed by atoms with Crippen molar-refractivity contribution in [2.75, 3.05) is 6.61 Å². The zero-order valence-electron chi connectivity index (χ0n) is 10.7. The Bertz CT molecular complexity index is 601. The van der Waals surface area contributed by atoms with Crippen LogP contribution in [0.1, 0.15) is 21.5 Å². The second kappa shape index (κ2) is 6.42. The summed E-state index contributed by atoms with van der Waals surface area (Å²) in [5.74, 6) is 5.41. The molecule has 0 saturated heterocycles. The number of benzene rings is 2. The first-order chi connectivity index (χ1) is 9.25. The molecule has 0 amide bonds. The van der Waals surface area contributed by atoms with Gasteiger partial charge < -0.3 is 4.74 Å². The normalized spacial score (nSPS) is 9.32. The van der Waals surface area contributed by atoms with E-state index in [1.807, 2.05) is 49.4 Å². The van der Waals surface area contributed by atoms with Gasteiger partial charge >= 0.3 is 5.97 Å². The highest BCUT2D eigenvalue weighted by atomic mass is 16.5. The molecule has 0 bridgehead atoms. The molecule has 0 aliphatic rings. The van der Waals surface area contributed by atoms with E-state index in [-0.39, 0.29) is 12.6 Å². The molecule has 0 radical (unpaired) electrons. The average molecular weight is 250 g/mol. The van der Waals surface area contributed by atoms with E-state index in [4.69, 9.17) is 4.74 Å². The number of esters is 1. The van der Waals surface area contributed by atoms with Crippen LogP contribution in [0.25, 0.3) is 0 Å². The second-order valence-electron chi connectivity index (χ2n) is 4.11.